The van der Waals surface area contributed by atoms with Crippen LogP contribution in [0, 0.1) is 6.92 Å². The fourth-order valence-electron chi connectivity index (χ4n) is 2.05. The number of carbonyl (C=O) groups is 1. The van der Waals surface area contributed by atoms with E-state index < -0.39 is 0 Å². The molecule has 0 atom stereocenters. The van der Waals surface area contributed by atoms with Crippen molar-refractivity contribution < 1.29 is 4.79 Å². The fraction of sp³-hybridized carbons (Fsp3) is 0.125. The Morgan fingerprint density at radius 2 is 1.82 bits per heavy atom. The maximum absolute atomic E-state index is 12.1. The van der Waals surface area contributed by atoms with Crippen LogP contribution in [0.2, 0.25) is 10.0 Å². The van der Waals surface area contributed by atoms with Crippen molar-refractivity contribution in [1.82, 2.24) is 4.98 Å². The normalized spacial score (nSPS) is 10.9. The molecule has 22 heavy (non-hydrogen) atoms. The fourth-order valence-corrected chi connectivity index (χ4v) is 3.49. The van der Waals surface area contributed by atoms with Crippen LogP contribution in [0.1, 0.15) is 11.1 Å². The molecule has 0 saturated carbocycles. The second-order valence-corrected chi connectivity index (χ2v) is 6.75. The van der Waals surface area contributed by atoms with Gasteiger partial charge in [0.15, 0.2) is 5.13 Å². The average Bonchev–Trinajstić information content (AvgIpc) is 2.90. The highest BCUT2D eigenvalue weighted by molar-refractivity contribution is 7.23. The first-order valence-corrected chi connectivity index (χ1v) is 8.20. The first-order valence-electron chi connectivity index (χ1n) is 6.63. The average molecular weight is 351 g/mol. The lowest BCUT2D eigenvalue weighted by Gasteiger charge is -2.02. The van der Waals surface area contributed by atoms with E-state index in [1.165, 1.54) is 16.9 Å². The summed E-state index contributed by atoms with van der Waals surface area (Å²) < 4.78 is 0.778. The Morgan fingerprint density at radius 1 is 1.14 bits per heavy atom. The highest BCUT2D eigenvalue weighted by atomic mass is 35.5. The number of fused-ring (bicyclic) bond motifs is 1. The second-order valence-electron chi connectivity index (χ2n) is 4.94. The summed E-state index contributed by atoms with van der Waals surface area (Å²) in [5.41, 5.74) is 2.74. The number of nitrogens with zero attached hydrogens (tertiary/aromatic N) is 1. The monoisotopic (exact) mass is 350 g/mol. The number of anilines is 1. The largest absolute Gasteiger partial charge is 0.302 e. The van der Waals surface area contributed by atoms with E-state index in [4.69, 9.17) is 23.2 Å². The lowest BCUT2D eigenvalue weighted by Crippen LogP contribution is -2.14. The van der Waals surface area contributed by atoms with Crippen LogP contribution in [0.5, 0.6) is 0 Å². The molecule has 0 fully saturated rings. The number of benzene rings is 2. The molecule has 0 spiro atoms. The van der Waals surface area contributed by atoms with Crippen molar-refractivity contribution in [3.63, 3.8) is 0 Å². The Balaban J connectivity index is 1.78. The molecule has 2 aromatic carbocycles. The third-order valence-electron chi connectivity index (χ3n) is 3.18. The number of thiazole rings is 1. The van der Waals surface area contributed by atoms with Crippen LogP contribution >= 0.6 is 34.5 Å². The van der Waals surface area contributed by atoms with Gasteiger partial charge in [-0.1, -0.05) is 64.4 Å². The van der Waals surface area contributed by atoms with Gasteiger partial charge >= 0.3 is 0 Å². The minimum atomic E-state index is -0.116. The number of rotatable bonds is 3. The number of hydrogen-bond acceptors (Lipinski definition) is 3. The van der Waals surface area contributed by atoms with Crippen LogP contribution in [0.25, 0.3) is 10.2 Å². The van der Waals surface area contributed by atoms with Gasteiger partial charge in [-0.2, -0.15) is 0 Å². The molecule has 0 aliphatic carbocycles. The zero-order chi connectivity index (χ0) is 15.7. The van der Waals surface area contributed by atoms with Gasteiger partial charge in [-0.25, -0.2) is 4.98 Å². The lowest BCUT2D eigenvalue weighted by molar-refractivity contribution is -0.115. The van der Waals surface area contributed by atoms with E-state index in [0.29, 0.717) is 27.1 Å². The third kappa shape index (κ3) is 3.24. The summed E-state index contributed by atoms with van der Waals surface area (Å²) in [6.07, 6.45) is 0.303. The summed E-state index contributed by atoms with van der Waals surface area (Å²) >= 11 is 13.5. The van der Waals surface area contributed by atoms with Gasteiger partial charge < -0.3 is 5.32 Å². The molecule has 3 rings (SSSR count). The van der Waals surface area contributed by atoms with E-state index in [1.54, 1.807) is 12.1 Å². The summed E-state index contributed by atoms with van der Waals surface area (Å²) in [6, 6.07) is 11.3. The lowest BCUT2D eigenvalue weighted by atomic mass is 10.1. The molecule has 1 N–H and O–H groups in total. The minimum absolute atomic E-state index is 0.116. The highest BCUT2D eigenvalue weighted by Crippen LogP contribution is 2.35. The maximum atomic E-state index is 12.1. The van der Waals surface area contributed by atoms with E-state index in [0.717, 1.165) is 10.3 Å². The van der Waals surface area contributed by atoms with E-state index >= 15 is 0 Å². The second kappa shape index (κ2) is 6.24. The zero-order valence-corrected chi connectivity index (χ0v) is 14.0. The van der Waals surface area contributed by atoms with Crippen molar-refractivity contribution in [3.05, 3.63) is 57.6 Å². The van der Waals surface area contributed by atoms with Crippen molar-refractivity contribution in [2.45, 2.75) is 13.3 Å². The SMILES string of the molecule is Cc1ccc(CC(=O)Nc2nc3c(Cl)ccc(Cl)c3s2)cc1. The Labute approximate surface area is 141 Å². The van der Waals surface area contributed by atoms with Crippen molar-refractivity contribution in [3.8, 4) is 0 Å². The Kier molecular flexibility index (Phi) is 4.34. The van der Waals surface area contributed by atoms with Crippen LogP contribution in [-0.4, -0.2) is 10.9 Å². The predicted octanol–water partition coefficient (Wildman–Crippen LogP) is 5.09. The van der Waals surface area contributed by atoms with E-state index in [9.17, 15) is 4.79 Å². The molecule has 6 heteroatoms. The van der Waals surface area contributed by atoms with Gasteiger partial charge in [-0.15, -0.1) is 0 Å². The van der Waals surface area contributed by atoms with E-state index in [-0.39, 0.29) is 5.91 Å². The van der Waals surface area contributed by atoms with Crippen LogP contribution < -0.4 is 5.32 Å². The maximum Gasteiger partial charge on any atom is 0.230 e. The van der Waals surface area contributed by atoms with Crippen LogP contribution in [0.4, 0.5) is 5.13 Å². The Morgan fingerprint density at radius 3 is 2.50 bits per heavy atom. The standard InChI is InChI=1S/C16H12Cl2N2OS/c1-9-2-4-10(5-3-9)8-13(21)19-16-20-14-11(17)6-7-12(18)15(14)22-16/h2-7H,8H2,1H3,(H,19,20,21). The van der Waals surface area contributed by atoms with Gasteiger partial charge in [-0.3, -0.25) is 4.79 Å². The van der Waals surface area contributed by atoms with Crippen molar-refractivity contribution >= 4 is 55.8 Å². The number of aryl methyl sites for hydroxylation is 1. The molecule has 1 aromatic heterocycles. The van der Waals surface area contributed by atoms with Gasteiger partial charge in [0.1, 0.15) is 5.52 Å². The predicted molar refractivity (Wildman–Crippen MR) is 93.2 cm³/mol. The molecular weight excluding hydrogens is 339 g/mol. The van der Waals surface area contributed by atoms with Gasteiger partial charge in [0.25, 0.3) is 0 Å². The Hall–Kier alpha value is -1.62. The van der Waals surface area contributed by atoms with Gasteiger partial charge in [0.2, 0.25) is 5.91 Å². The van der Waals surface area contributed by atoms with Crippen LogP contribution in [0.3, 0.4) is 0 Å². The molecule has 0 radical (unpaired) electrons. The molecule has 1 heterocycles. The van der Waals surface area contributed by atoms with E-state index in [2.05, 4.69) is 10.3 Å². The van der Waals surface area contributed by atoms with E-state index in [1.807, 2.05) is 31.2 Å². The minimum Gasteiger partial charge on any atom is -0.302 e. The van der Waals surface area contributed by atoms with Gasteiger partial charge in [0.05, 0.1) is 21.2 Å². The molecule has 112 valence electrons. The van der Waals surface area contributed by atoms with Crippen molar-refractivity contribution in [1.29, 1.82) is 0 Å². The molecule has 1 amide bonds. The molecule has 0 aliphatic rings. The number of carbonyl (C=O) groups excluding carboxylic acids is 1. The van der Waals surface area contributed by atoms with Gasteiger partial charge in [-0.05, 0) is 24.6 Å². The number of amides is 1. The smallest absolute Gasteiger partial charge is 0.230 e. The summed E-state index contributed by atoms with van der Waals surface area (Å²) in [6.45, 7) is 2.01. The molecule has 0 saturated heterocycles. The number of nitrogens with one attached hydrogen (secondary N) is 1. The summed E-state index contributed by atoms with van der Waals surface area (Å²) in [5, 5.41) is 4.40. The summed E-state index contributed by atoms with van der Waals surface area (Å²) in [4.78, 5) is 16.4. The Bertz CT molecular complexity index is 804. The zero-order valence-electron chi connectivity index (χ0n) is 11.7. The summed E-state index contributed by atoms with van der Waals surface area (Å²) in [5.74, 6) is -0.116. The first-order chi connectivity index (χ1) is 10.5. The topological polar surface area (TPSA) is 42.0 Å². The van der Waals surface area contributed by atoms with Crippen molar-refractivity contribution in [2.24, 2.45) is 0 Å². The number of hydrogen-bond donors (Lipinski definition) is 1. The van der Waals surface area contributed by atoms with Gasteiger partial charge in [0, 0.05) is 0 Å². The van der Waals surface area contributed by atoms with Crippen LogP contribution in [0.15, 0.2) is 36.4 Å². The van der Waals surface area contributed by atoms with Crippen molar-refractivity contribution in [2.75, 3.05) is 5.32 Å². The van der Waals surface area contributed by atoms with Crippen LogP contribution in [-0.2, 0) is 11.2 Å². The third-order valence-corrected chi connectivity index (χ3v) is 4.91. The molecule has 0 bridgehead atoms. The summed E-state index contributed by atoms with van der Waals surface area (Å²) in [7, 11) is 0. The quantitative estimate of drug-likeness (QED) is 0.714. The first kappa shape index (κ1) is 15.3. The molecule has 0 aliphatic heterocycles. The molecular formula is C16H12Cl2N2OS. The molecule has 3 nitrogen and oxygen atoms in total. The number of aromatic nitrogens is 1. The highest BCUT2D eigenvalue weighted by Gasteiger charge is 2.12. The number of halogens is 2. The molecule has 3 aromatic rings. The molecule has 0 unspecified atom stereocenters.